The molecule has 20 heavy (non-hydrogen) atoms. The van der Waals surface area contributed by atoms with Crippen LogP contribution in [0.5, 0.6) is 5.75 Å². The van der Waals surface area contributed by atoms with Gasteiger partial charge >= 0.3 is 6.16 Å². The van der Waals surface area contributed by atoms with Crippen molar-refractivity contribution in [3.8, 4) is 5.75 Å². The maximum absolute atomic E-state index is 12.3. The summed E-state index contributed by atoms with van der Waals surface area (Å²) in [5, 5.41) is 9.73. The standard InChI is InChI=1S/C14H12ClNO4/c1-7-10(15)5-4-9-12(7)16(8-2-3-8)6-11(13(9)17)20-14(18)19/h4-6,8H,2-3H2,1H3,(H,18,19). The van der Waals surface area contributed by atoms with Crippen LogP contribution in [0, 0.1) is 6.92 Å². The number of hydrogen-bond acceptors (Lipinski definition) is 3. The van der Waals surface area contributed by atoms with Crippen LogP contribution in [0.3, 0.4) is 0 Å². The molecule has 1 N–H and O–H groups in total. The lowest BCUT2D eigenvalue weighted by Crippen LogP contribution is -2.16. The molecule has 0 spiro atoms. The predicted octanol–water partition coefficient (Wildman–Crippen LogP) is 3.36. The van der Waals surface area contributed by atoms with Crippen molar-refractivity contribution >= 4 is 28.7 Å². The number of halogens is 1. The van der Waals surface area contributed by atoms with Crippen molar-refractivity contribution in [2.24, 2.45) is 0 Å². The number of aromatic nitrogens is 1. The van der Waals surface area contributed by atoms with Gasteiger partial charge < -0.3 is 14.4 Å². The molecule has 5 nitrogen and oxygen atoms in total. The number of hydrogen-bond donors (Lipinski definition) is 1. The molecule has 1 heterocycles. The van der Waals surface area contributed by atoms with Crippen LogP contribution in [0.2, 0.25) is 5.02 Å². The van der Waals surface area contributed by atoms with E-state index in [4.69, 9.17) is 16.7 Å². The van der Waals surface area contributed by atoms with Gasteiger partial charge in [-0.1, -0.05) is 11.6 Å². The zero-order valence-electron chi connectivity index (χ0n) is 10.7. The molecule has 1 aromatic carbocycles. The Morgan fingerprint density at radius 2 is 2.15 bits per heavy atom. The Kier molecular flexibility index (Phi) is 2.94. The van der Waals surface area contributed by atoms with Crippen molar-refractivity contribution in [2.45, 2.75) is 25.8 Å². The van der Waals surface area contributed by atoms with E-state index in [9.17, 15) is 9.59 Å². The Balaban J connectivity index is 2.36. The first-order chi connectivity index (χ1) is 9.49. The van der Waals surface area contributed by atoms with E-state index < -0.39 is 11.6 Å². The van der Waals surface area contributed by atoms with E-state index in [1.807, 2.05) is 11.5 Å². The average molecular weight is 294 g/mol. The van der Waals surface area contributed by atoms with Crippen molar-refractivity contribution in [3.63, 3.8) is 0 Å². The summed E-state index contributed by atoms with van der Waals surface area (Å²) in [7, 11) is 0. The highest BCUT2D eigenvalue weighted by Gasteiger charge is 2.27. The fourth-order valence-electron chi connectivity index (χ4n) is 2.38. The number of rotatable bonds is 2. The fourth-order valence-corrected chi connectivity index (χ4v) is 2.53. The first kappa shape index (κ1) is 13.0. The van der Waals surface area contributed by atoms with E-state index in [2.05, 4.69) is 4.74 Å². The SMILES string of the molecule is Cc1c(Cl)ccc2c(=O)c(OC(=O)O)cn(C3CC3)c12. The highest BCUT2D eigenvalue weighted by Crippen LogP contribution is 2.39. The van der Waals surface area contributed by atoms with Gasteiger partial charge in [0.05, 0.1) is 11.7 Å². The molecular formula is C14H12ClNO4. The molecule has 0 bridgehead atoms. The molecule has 0 radical (unpaired) electrons. The van der Waals surface area contributed by atoms with Crippen LogP contribution in [0.15, 0.2) is 23.1 Å². The van der Waals surface area contributed by atoms with Crippen molar-refractivity contribution in [1.82, 2.24) is 4.57 Å². The minimum absolute atomic E-state index is 0.168. The van der Waals surface area contributed by atoms with Crippen LogP contribution in [0.25, 0.3) is 10.9 Å². The molecule has 6 heteroatoms. The largest absolute Gasteiger partial charge is 0.511 e. The normalized spacial score (nSPS) is 14.5. The minimum atomic E-state index is -1.49. The van der Waals surface area contributed by atoms with E-state index in [0.29, 0.717) is 10.4 Å². The second kappa shape index (κ2) is 4.52. The minimum Gasteiger partial charge on any atom is -0.449 e. The summed E-state index contributed by atoms with van der Waals surface area (Å²) in [4.78, 5) is 23.0. The Bertz CT molecular complexity index is 777. The molecule has 1 aromatic heterocycles. The second-order valence-electron chi connectivity index (χ2n) is 4.90. The summed E-state index contributed by atoms with van der Waals surface area (Å²) < 4.78 is 6.49. The van der Waals surface area contributed by atoms with E-state index in [0.717, 1.165) is 23.9 Å². The van der Waals surface area contributed by atoms with Gasteiger partial charge in [0.15, 0.2) is 5.75 Å². The molecule has 3 rings (SSSR count). The van der Waals surface area contributed by atoms with Crippen LogP contribution >= 0.6 is 11.6 Å². The highest BCUT2D eigenvalue weighted by molar-refractivity contribution is 6.32. The summed E-state index contributed by atoms with van der Waals surface area (Å²) in [5.74, 6) is -0.168. The molecule has 0 atom stereocenters. The number of carboxylic acid groups (broad SMARTS) is 1. The van der Waals surface area contributed by atoms with Gasteiger partial charge in [-0.15, -0.1) is 0 Å². The lowest BCUT2D eigenvalue weighted by Gasteiger charge is -2.14. The zero-order valence-corrected chi connectivity index (χ0v) is 11.5. The highest BCUT2D eigenvalue weighted by atomic mass is 35.5. The van der Waals surface area contributed by atoms with Crippen molar-refractivity contribution in [2.75, 3.05) is 0 Å². The molecular weight excluding hydrogens is 282 g/mol. The topological polar surface area (TPSA) is 68.5 Å². The smallest absolute Gasteiger partial charge is 0.449 e. The number of nitrogens with zero attached hydrogens (tertiary/aromatic N) is 1. The molecule has 1 fully saturated rings. The van der Waals surface area contributed by atoms with Gasteiger partial charge in [-0.3, -0.25) is 4.79 Å². The lowest BCUT2D eigenvalue weighted by molar-refractivity contribution is 0.143. The Morgan fingerprint density at radius 3 is 2.75 bits per heavy atom. The maximum Gasteiger partial charge on any atom is 0.511 e. The molecule has 0 unspecified atom stereocenters. The molecule has 1 aliphatic carbocycles. The molecule has 104 valence electrons. The molecule has 0 aliphatic heterocycles. The predicted molar refractivity (Wildman–Crippen MR) is 74.9 cm³/mol. The third kappa shape index (κ3) is 2.04. The number of aryl methyl sites for hydroxylation is 1. The van der Waals surface area contributed by atoms with Crippen LogP contribution in [0.4, 0.5) is 4.79 Å². The van der Waals surface area contributed by atoms with Crippen molar-refractivity contribution in [1.29, 1.82) is 0 Å². The quantitative estimate of drug-likeness (QED) is 0.862. The van der Waals surface area contributed by atoms with Gasteiger partial charge in [-0.05, 0) is 37.5 Å². The number of carbonyl (C=O) groups is 1. The van der Waals surface area contributed by atoms with Gasteiger partial charge in [-0.25, -0.2) is 4.79 Å². The van der Waals surface area contributed by atoms with Gasteiger partial charge in [0.1, 0.15) is 0 Å². The fraction of sp³-hybridized carbons (Fsp3) is 0.286. The number of fused-ring (bicyclic) bond motifs is 1. The summed E-state index contributed by atoms with van der Waals surface area (Å²) in [6.45, 7) is 1.85. The van der Waals surface area contributed by atoms with Crippen LogP contribution in [-0.2, 0) is 0 Å². The summed E-state index contributed by atoms with van der Waals surface area (Å²) in [5.41, 5.74) is 1.14. The molecule has 2 aromatic rings. The summed E-state index contributed by atoms with van der Waals surface area (Å²) in [6.07, 6.45) is 1.97. The van der Waals surface area contributed by atoms with E-state index >= 15 is 0 Å². The molecule has 1 saturated carbocycles. The van der Waals surface area contributed by atoms with Crippen molar-refractivity contribution in [3.05, 3.63) is 39.1 Å². The molecule has 1 aliphatic rings. The monoisotopic (exact) mass is 293 g/mol. The Labute approximate surface area is 119 Å². The van der Waals surface area contributed by atoms with Crippen LogP contribution in [0.1, 0.15) is 24.4 Å². The first-order valence-corrected chi connectivity index (χ1v) is 6.61. The zero-order chi connectivity index (χ0) is 14.4. The van der Waals surface area contributed by atoms with Crippen LogP contribution < -0.4 is 10.2 Å². The van der Waals surface area contributed by atoms with Gasteiger partial charge in [-0.2, -0.15) is 0 Å². The summed E-state index contributed by atoms with van der Waals surface area (Å²) in [6, 6.07) is 3.52. The van der Waals surface area contributed by atoms with Crippen LogP contribution in [-0.4, -0.2) is 15.8 Å². The lowest BCUT2D eigenvalue weighted by atomic mass is 10.1. The summed E-state index contributed by atoms with van der Waals surface area (Å²) >= 11 is 6.12. The van der Waals surface area contributed by atoms with Gasteiger partial charge in [0, 0.05) is 16.5 Å². The first-order valence-electron chi connectivity index (χ1n) is 6.23. The third-order valence-electron chi connectivity index (χ3n) is 3.49. The Morgan fingerprint density at radius 1 is 1.45 bits per heavy atom. The van der Waals surface area contributed by atoms with E-state index in [1.54, 1.807) is 12.1 Å². The second-order valence-corrected chi connectivity index (χ2v) is 5.30. The average Bonchev–Trinajstić information content (AvgIpc) is 3.20. The maximum atomic E-state index is 12.3. The van der Waals surface area contributed by atoms with E-state index in [-0.39, 0.29) is 11.8 Å². The number of pyridine rings is 1. The molecule has 0 amide bonds. The van der Waals surface area contributed by atoms with Gasteiger partial charge in [0.2, 0.25) is 5.43 Å². The number of ether oxygens (including phenoxy) is 1. The van der Waals surface area contributed by atoms with E-state index in [1.165, 1.54) is 6.20 Å². The van der Waals surface area contributed by atoms with Gasteiger partial charge in [0.25, 0.3) is 0 Å². The number of benzene rings is 1. The Hall–Kier alpha value is -2.01. The molecule has 0 saturated heterocycles. The third-order valence-corrected chi connectivity index (χ3v) is 3.89. The van der Waals surface area contributed by atoms with Crippen molar-refractivity contribution < 1.29 is 14.6 Å².